The molecule has 3 heteroatoms. The molecule has 1 N–H and O–H groups in total. The van der Waals surface area contributed by atoms with Crippen LogP contribution in [0.25, 0.3) is 0 Å². The van der Waals surface area contributed by atoms with Crippen molar-refractivity contribution in [3.05, 3.63) is 35.1 Å². The molecule has 0 bridgehead atoms. The van der Waals surface area contributed by atoms with E-state index >= 15 is 0 Å². The van der Waals surface area contributed by atoms with Gasteiger partial charge in [0.05, 0.1) is 11.6 Å². The van der Waals surface area contributed by atoms with Crippen molar-refractivity contribution in [2.24, 2.45) is 0 Å². The third kappa shape index (κ3) is 1.41. The first kappa shape index (κ1) is 8.21. The maximum Gasteiger partial charge on any atom is 0.129 e. The summed E-state index contributed by atoms with van der Waals surface area (Å²) in [6.45, 7) is 0.949. The van der Waals surface area contributed by atoms with Crippen LogP contribution in [-0.2, 0) is 0 Å². The van der Waals surface area contributed by atoms with Crippen LogP contribution in [0, 0.1) is 17.1 Å². The Bertz CT molecular complexity index is 364. The minimum absolute atomic E-state index is 0.146. The summed E-state index contributed by atoms with van der Waals surface area (Å²) in [5.74, 6) is -0.281. The Labute approximate surface area is 76.0 Å². The Balaban J connectivity index is 2.32. The Morgan fingerprint density at radius 2 is 2.31 bits per heavy atom. The lowest BCUT2D eigenvalue weighted by atomic mass is 9.96. The highest BCUT2D eigenvalue weighted by Crippen LogP contribution is 2.25. The smallest absolute Gasteiger partial charge is 0.129 e. The lowest BCUT2D eigenvalue weighted by Gasteiger charge is -2.28. The largest absolute Gasteiger partial charge is 0.310 e. The van der Waals surface area contributed by atoms with Crippen LogP contribution in [0.1, 0.15) is 23.6 Å². The van der Waals surface area contributed by atoms with Crippen molar-refractivity contribution >= 4 is 0 Å². The van der Waals surface area contributed by atoms with Crippen LogP contribution in [0.4, 0.5) is 4.39 Å². The van der Waals surface area contributed by atoms with Gasteiger partial charge in [0.1, 0.15) is 5.82 Å². The van der Waals surface area contributed by atoms with Gasteiger partial charge in [-0.25, -0.2) is 4.39 Å². The van der Waals surface area contributed by atoms with E-state index in [1.165, 1.54) is 6.07 Å². The molecule has 1 fully saturated rings. The topological polar surface area (TPSA) is 35.8 Å². The summed E-state index contributed by atoms with van der Waals surface area (Å²) in [6.07, 6.45) is 0.975. The van der Waals surface area contributed by atoms with E-state index in [9.17, 15) is 4.39 Å². The zero-order chi connectivity index (χ0) is 9.26. The van der Waals surface area contributed by atoms with Crippen LogP contribution >= 0.6 is 0 Å². The predicted molar refractivity (Wildman–Crippen MR) is 46.5 cm³/mol. The minimum atomic E-state index is -0.281. The molecular weight excluding hydrogens is 167 g/mol. The number of rotatable bonds is 1. The molecule has 1 saturated heterocycles. The molecule has 0 amide bonds. The van der Waals surface area contributed by atoms with Gasteiger partial charge in [0.2, 0.25) is 0 Å². The quantitative estimate of drug-likeness (QED) is 0.707. The van der Waals surface area contributed by atoms with Gasteiger partial charge < -0.3 is 5.32 Å². The fourth-order valence-electron chi connectivity index (χ4n) is 1.43. The van der Waals surface area contributed by atoms with Crippen LogP contribution in [0.3, 0.4) is 0 Å². The average Bonchev–Trinajstić information content (AvgIpc) is 2.05. The lowest BCUT2D eigenvalue weighted by molar-refractivity contribution is 0.370. The molecule has 1 unspecified atom stereocenters. The van der Waals surface area contributed by atoms with Crippen molar-refractivity contribution in [1.29, 1.82) is 5.26 Å². The Morgan fingerprint density at radius 1 is 1.54 bits per heavy atom. The van der Waals surface area contributed by atoms with Crippen LogP contribution in [-0.4, -0.2) is 6.54 Å². The van der Waals surface area contributed by atoms with Gasteiger partial charge in [-0.1, -0.05) is 6.07 Å². The summed E-state index contributed by atoms with van der Waals surface area (Å²) >= 11 is 0. The maximum atomic E-state index is 13.3. The molecule has 2 nitrogen and oxygen atoms in total. The van der Waals surface area contributed by atoms with E-state index in [-0.39, 0.29) is 11.9 Å². The zero-order valence-electron chi connectivity index (χ0n) is 7.05. The number of hydrogen-bond donors (Lipinski definition) is 1. The molecule has 1 aromatic carbocycles. The fraction of sp³-hybridized carbons (Fsp3) is 0.300. The summed E-state index contributed by atoms with van der Waals surface area (Å²) in [4.78, 5) is 0. The minimum Gasteiger partial charge on any atom is -0.310 e. The summed E-state index contributed by atoms with van der Waals surface area (Å²) in [6, 6.07) is 6.68. The molecule has 0 aliphatic carbocycles. The molecule has 1 heterocycles. The van der Waals surface area contributed by atoms with E-state index in [2.05, 4.69) is 5.32 Å². The SMILES string of the molecule is N#Cc1ccc(C2CCN2)c(F)c1. The predicted octanol–water partition coefficient (Wildman–Crippen LogP) is 1.73. The molecule has 1 aromatic rings. The first-order valence-electron chi connectivity index (χ1n) is 4.24. The van der Waals surface area contributed by atoms with Gasteiger partial charge in [-0.05, 0) is 25.1 Å². The van der Waals surface area contributed by atoms with E-state index in [4.69, 9.17) is 5.26 Å². The second-order valence-electron chi connectivity index (χ2n) is 3.14. The number of hydrogen-bond acceptors (Lipinski definition) is 2. The molecule has 13 heavy (non-hydrogen) atoms. The number of halogens is 1. The fourth-order valence-corrected chi connectivity index (χ4v) is 1.43. The third-order valence-corrected chi connectivity index (χ3v) is 2.33. The highest BCUT2D eigenvalue weighted by molar-refractivity contribution is 5.34. The molecule has 0 radical (unpaired) electrons. The first-order chi connectivity index (χ1) is 6.31. The van der Waals surface area contributed by atoms with Crippen molar-refractivity contribution in [2.75, 3.05) is 6.54 Å². The van der Waals surface area contributed by atoms with Gasteiger partial charge in [0.25, 0.3) is 0 Å². The summed E-state index contributed by atoms with van der Waals surface area (Å²) in [7, 11) is 0. The average molecular weight is 176 g/mol. The number of benzene rings is 1. The number of nitriles is 1. The third-order valence-electron chi connectivity index (χ3n) is 2.33. The van der Waals surface area contributed by atoms with Crippen molar-refractivity contribution in [3.8, 4) is 6.07 Å². The van der Waals surface area contributed by atoms with E-state index in [1.807, 2.05) is 6.07 Å². The molecule has 2 rings (SSSR count). The highest BCUT2D eigenvalue weighted by atomic mass is 19.1. The van der Waals surface area contributed by atoms with Gasteiger partial charge in [0.15, 0.2) is 0 Å². The molecule has 1 atom stereocenters. The second kappa shape index (κ2) is 3.15. The molecule has 0 aromatic heterocycles. The van der Waals surface area contributed by atoms with Crippen molar-refractivity contribution < 1.29 is 4.39 Å². The first-order valence-corrected chi connectivity index (χ1v) is 4.24. The van der Waals surface area contributed by atoms with Gasteiger partial charge in [-0.2, -0.15) is 5.26 Å². The summed E-state index contributed by atoms with van der Waals surface area (Å²) in [5, 5.41) is 11.6. The standard InChI is InChI=1S/C10H9FN2/c11-9-5-7(6-12)1-2-8(9)10-3-4-13-10/h1-2,5,10,13H,3-4H2. The molecule has 0 spiro atoms. The van der Waals surface area contributed by atoms with Crippen molar-refractivity contribution in [1.82, 2.24) is 5.32 Å². The molecular formula is C10H9FN2. The normalized spacial score (nSPS) is 20.5. The molecule has 1 aliphatic heterocycles. The molecule has 66 valence electrons. The van der Waals surface area contributed by atoms with Crippen molar-refractivity contribution in [2.45, 2.75) is 12.5 Å². The van der Waals surface area contributed by atoms with Crippen LogP contribution in [0.2, 0.25) is 0 Å². The zero-order valence-corrected chi connectivity index (χ0v) is 7.05. The van der Waals surface area contributed by atoms with E-state index < -0.39 is 0 Å². The number of nitrogens with zero attached hydrogens (tertiary/aromatic N) is 1. The summed E-state index contributed by atoms with van der Waals surface area (Å²) < 4.78 is 13.3. The van der Waals surface area contributed by atoms with Crippen LogP contribution in [0.15, 0.2) is 18.2 Å². The number of nitrogens with one attached hydrogen (secondary N) is 1. The van der Waals surface area contributed by atoms with E-state index in [1.54, 1.807) is 12.1 Å². The van der Waals surface area contributed by atoms with Gasteiger partial charge >= 0.3 is 0 Å². The van der Waals surface area contributed by atoms with Crippen LogP contribution < -0.4 is 5.32 Å². The lowest BCUT2D eigenvalue weighted by Crippen LogP contribution is -2.35. The second-order valence-corrected chi connectivity index (χ2v) is 3.14. The molecule has 1 aliphatic rings. The maximum absolute atomic E-state index is 13.3. The Morgan fingerprint density at radius 3 is 2.77 bits per heavy atom. The Kier molecular flexibility index (Phi) is 1.99. The molecule has 0 saturated carbocycles. The van der Waals surface area contributed by atoms with Crippen molar-refractivity contribution in [3.63, 3.8) is 0 Å². The highest BCUT2D eigenvalue weighted by Gasteiger charge is 2.21. The van der Waals surface area contributed by atoms with Crippen LogP contribution in [0.5, 0.6) is 0 Å². The van der Waals surface area contributed by atoms with E-state index in [0.29, 0.717) is 11.1 Å². The van der Waals surface area contributed by atoms with E-state index in [0.717, 1.165) is 13.0 Å². The van der Waals surface area contributed by atoms with Gasteiger partial charge in [-0.15, -0.1) is 0 Å². The van der Waals surface area contributed by atoms with Gasteiger partial charge in [0, 0.05) is 11.6 Å². The van der Waals surface area contributed by atoms with Gasteiger partial charge in [-0.3, -0.25) is 0 Å². The Hall–Kier alpha value is -1.40. The summed E-state index contributed by atoms with van der Waals surface area (Å²) in [5.41, 5.74) is 1.05. The monoisotopic (exact) mass is 176 g/mol.